The number of ether oxygens (including phenoxy) is 1. The van der Waals surface area contributed by atoms with E-state index in [-0.39, 0.29) is 5.69 Å². The normalized spacial score (nSPS) is 10.9. The summed E-state index contributed by atoms with van der Waals surface area (Å²) in [4.78, 5) is 21.2. The van der Waals surface area contributed by atoms with E-state index < -0.39 is 5.97 Å². The van der Waals surface area contributed by atoms with Crippen molar-refractivity contribution < 1.29 is 9.53 Å². The van der Waals surface area contributed by atoms with Gasteiger partial charge in [0.15, 0.2) is 5.69 Å². The van der Waals surface area contributed by atoms with Crippen molar-refractivity contribution in [2.75, 3.05) is 0 Å². The van der Waals surface area contributed by atoms with E-state index in [0.717, 1.165) is 24.1 Å². The molecular formula is C31H40N2O2. The summed E-state index contributed by atoms with van der Waals surface area (Å²) in [5.74, 6) is 0.0377. The van der Waals surface area contributed by atoms with Gasteiger partial charge in [-0.15, -0.1) is 0 Å². The van der Waals surface area contributed by atoms with Crippen LogP contribution in [0.25, 0.3) is 11.3 Å². The standard InChI is InChI=1S/C31H40N2O2/c1-3-5-7-9-11-13-25-15-19-27(20-16-25)29-23-33-30(24-32-29)31(34)35-28-21-17-26(18-22-28)14-12-10-8-6-4-2/h15-24H,3-14H2,1-2H3. The number of esters is 1. The molecule has 4 nitrogen and oxygen atoms in total. The van der Waals surface area contributed by atoms with Crippen LogP contribution in [0.2, 0.25) is 0 Å². The quantitative estimate of drug-likeness (QED) is 0.127. The maximum absolute atomic E-state index is 12.5. The Kier molecular flexibility index (Phi) is 11.5. The molecule has 1 heterocycles. The van der Waals surface area contributed by atoms with Gasteiger partial charge in [0.05, 0.1) is 18.1 Å². The van der Waals surface area contributed by atoms with E-state index in [1.165, 1.54) is 81.5 Å². The zero-order valence-electron chi connectivity index (χ0n) is 21.5. The van der Waals surface area contributed by atoms with Crippen molar-refractivity contribution in [2.24, 2.45) is 0 Å². The second-order valence-corrected chi connectivity index (χ2v) is 9.35. The summed E-state index contributed by atoms with van der Waals surface area (Å²) in [6.45, 7) is 4.47. The third-order valence-electron chi connectivity index (χ3n) is 6.38. The van der Waals surface area contributed by atoms with E-state index in [0.29, 0.717) is 5.75 Å². The van der Waals surface area contributed by atoms with E-state index >= 15 is 0 Å². The number of rotatable bonds is 15. The van der Waals surface area contributed by atoms with Gasteiger partial charge in [0.2, 0.25) is 0 Å². The monoisotopic (exact) mass is 472 g/mol. The molecule has 35 heavy (non-hydrogen) atoms. The highest BCUT2D eigenvalue weighted by atomic mass is 16.5. The molecule has 4 heteroatoms. The molecule has 0 aliphatic rings. The summed E-state index contributed by atoms with van der Waals surface area (Å²) in [7, 11) is 0. The summed E-state index contributed by atoms with van der Waals surface area (Å²) in [6.07, 6.45) is 18.1. The Morgan fingerprint density at radius 3 is 1.71 bits per heavy atom. The maximum Gasteiger partial charge on any atom is 0.363 e. The fourth-order valence-electron chi connectivity index (χ4n) is 4.17. The molecule has 0 atom stereocenters. The van der Waals surface area contributed by atoms with Crippen molar-refractivity contribution in [1.29, 1.82) is 0 Å². The highest BCUT2D eigenvalue weighted by Crippen LogP contribution is 2.19. The molecule has 0 bridgehead atoms. The first kappa shape index (κ1) is 26.6. The maximum atomic E-state index is 12.5. The first-order chi connectivity index (χ1) is 17.2. The lowest BCUT2D eigenvalue weighted by molar-refractivity contribution is 0.0728. The molecule has 0 spiro atoms. The number of aryl methyl sites for hydroxylation is 2. The molecule has 0 fully saturated rings. The molecule has 0 unspecified atom stereocenters. The minimum Gasteiger partial charge on any atom is -0.422 e. The third-order valence-corrected chi connectivity index (χ3v) is 6.38. The molecule has 3 aromatic rings. The average molecular weight is 473 g/mol. The summed E-state index contributed by atoms with van der Waals surface area (Å²) < 4.78 is 5.49. The highest BCUT2D eigenvalue weighted by molar-refractivity contribution is 5.88. The van der Waals surface area contributed by atoms with Crippen molar-refractivity contribution in [3.63, 3.8) is 0 Å². The first-order valence-electron chi connectivity index (χ1n) is 13.4. The van der Waals surface area contributed by atoms with Gasteiger partial charge in [-0.25, -0.2) is 9.78 Å². The van der Waals surface area contributed by atoms with Crippen LogP contribution < -0.4 is 4.74 Å². The number of carbonyl (C=O) groups is 1. The van der Waals surface area contributed by atoms with Crippen molar-refractivity contribution >= 4 is 5.97 Å². The summed E-state index contributed by atoms with van der Waals surface area (Å²) in [6, 6.07) is 16.3. The smallest absolute Gasteiger partial charge is 0.363 e. The Morgan fingerprint density at radius 1 is 0.657 bits per heavy atom. The SMILES string of the molecule is CCCCCCCc1ccc(OC(=O)c2cnc(-c3ccc(CCCCCCC)cc3)cn2)cc1. The Hall–Kier alpha value is -3.01. The largest absolute Gasteiger partial charge is 0.422 e. The van der Waals surface area contributed by atoms with E-state index in [2.05, 4.69) is 48.1 Å². The van der Waals surface area contributed by atoms with Gasteiger partial charge in [0.25, 0.3) is 0 Å². The first-order valence-corrected chi connectivity index (χ1v) is 13.4. The van der Waals surface area contributed by atoms with Gasteiger partial charge in [-0.05, 0) is 48.9 Å². The minimum absolute atomic E-state index is 0.206. The van der Waals surface area contributed by atoms with Crippen LogP contribution in [0, 0.1) is 0 Å². The van der Waals surface area contributed by atoms with Crippen molar-refractivity contribution in [2.45, 2.75) is 90.9 Å². The molecule has 2 aromatic carbocycles. The predicted octanol–water partition coefficient (Wildman–Crippen LogP) is 8.39. The van der Waals surface area contributed by atoms with Crippen LogP contribution in [0.4, 0.5) is 0 Å². The zero-order valence-corrected chi connectivity index (χ0v) is 21.5. The molecule has 3 rings (SSSR count). The number of nitrogens with zero attached hydrogens (tertiary/aromatic N) is 2. The molecule has 186 valence electrons. The lowest BCUT2D eigenvalue weighted by Crippen LogP contribution is -2.11. The lowest BCUT2D eigenvalue weighted by Gasteiger charge is -2.07. The van der Waals surface area contributed by atoms with E-state index in [1.807, 2.05) is 24.3 Å². The molecule has 1 aromatic heterocycles. The summed E-state index contributed by atoms with van der Waals surface area (Å²) in [5, 5.41) is 0. The van der Waals surface area contributed by atoms with Crippen molar-refractivity contribution in [3.8, 4) is 17.0 Å². The number of unbranched alkanes of at least 4 members (excludes halogenated alkanes) is 8. The van der Waals surface area contributed by atoms with Crippen LogP contribution in [-0.4, -0.2) is 15.9 Å². The molecular weight excluding hydrogens is 432 g/mol. The van der Waals surface area contributed by atoms with Gasteiger partial charge in [-0.1, -0.05) is 102 Å². The minimum atomic E-state index is -0.491. The fraction of sp³-hybridized carbons (Fsp3) is 0.452. The van der Waals surface area contributed by atoms with Crippen LogP contribution >= 0.6 is 0 Å². The van der Waals surface area contributed by atoms with Gasteiger partial charge in [0.1, 0.15) is 5.75 Å². The van der Waals surface area contributed by atoms with Gasteiger partial charge in [-0.2, -0.15) is 0 Å². The molecule has 0 aliphatic carbocycles. The molecule has 0 saturated carbocycles. The highest BCUT2D eigenvalue weighted by Gasteiger charge is 2.12. The van der Waals surface area contributed by atoms with Crippen LogP contribution in [0.3, 0.4) is 0 Å². The van der Waals surface area contributed by atoms with Crippen LogP contribution in [0.5, 0.6) is 5.75 Å². The number of hydrogen-bond donors (Lipinski definition) is 0. The number of hydrogen-bond acceptors (Lipinski definition) is 4. The van der Waals surface area contributed by atoms with Gasteiger partial charge in [0, 0.05) is 5.56 Å². The van der Waals surface area contributed by atoms with Crippen LogP contribution in [-0.2, 0) is 12.8 Å². The number of carbonyl (C=O) groups excluding carboxylic acids is 1. The van der Waals surface area contributed by atoms with Gasteiger partial charge >= 0.3 is 5.97 Å². The van der Waals surface area contributed by atoms with Crippen LogP contribution in [0.1, 0.15) is 99.7 Å². The van der Waals surface area contributed by atoms with E-state index in [1.54, 1.807) is 6.20 Å². The van der Waals surface area contributed by atoms with E-state index in [4.69, 9.17) is 4.74 Å². The second-order valence-electron chi connectivity index (χ2n) is 9.35. The summed E-state index contributed by atoms with van der Waals surface area (Å²) >= 11 is 0. The third kappa shape index (κ3) is 9.28. The lowest BCUT2D eigenvalue weighted by atomic mass is 10.0. The molecule has 0 aliphatic heterocycles. The second kappa shape index (κ2) is 15.1. The Morgan fingerprint density at radius 2 is 1.20 bits per heavy atom. The zero-order chi connectivity index (χ0) is 24.7. The number of benzene rings is 2. The van der Waals surface area contributed by atoms with E-state index in [9.17, 15) is 4.79 Å². The Labute approximate surface area is 211 Å². The number of aromatic nitrogens is 2. The molecule has 0 N–H and O–H groups in total. The molecule has 0 saturated heterocycles. The molecule has 0 radical (unpaired) electrons. The summed E-state index contributed by atoms with van der Waals surface area (Å²) in [5.41, 5.74) is 4.57. The van der Waals surface area contributed by atoms with Crippen molar-refractivity contribution in [1.82, 2.24) is 9.97 Å². The van der Waals surface area contributed by atoms with Crippen molar-refractivity contribution in [3.05, 3.63) is 77.7 Å². The average Bonchev–Trinajstić information content (AvgIpc) is 2.90. The fourth-order valence-corrected chi connectivity index (χ4v) is 4.17. The Bertz CT molecular complexity index is 996. The van der Waals surface area contributed by atoms with Gasteiger partial charge < -0.3 is 4.74 Å². The molecule has 0 amide bonds. The van der Waals surface area contributed by atoms with Gasteiger partial charge in [-0.3, -0.25) is 4.98 Å². The van der Waals surface area contributed by atoms with Crippen LogP contribution in [0.15, 0.2) is 60.9 Å². The Balaban J connectivity index is 1.47. The predicted molar refractivity (Wildman–Crippen MR) is 144 cm³/mol. The topological polar surface area (TPSA) is 52.1 Å².